The summed E-state index contributed by atoms with van der Waals surface area (Å²) in [7, 11) is -3.34. The lowest BCUT2D eigenvalue weighted by molar-refractivity contribution is -0.116. The lowest BCUT2D eigenvalue weighted by atomic mass is 10.2. The molecule has 0 spiro atoms. The van der Waals surface area contributed by atoms with Crippen molar-refractivity contribution in [2.45, 2.75) is 10.9 Å². The van der Waals surface area contributed by atoms with Crippen LogP contribution in [0, 0.1) is 11.6 Å². The summed E-state index contributed by atoms with van der Waals surface area (Å²) in [6.45, 7) is 0. The molecule has 0 aliphatic carbocycles. The molecular formula is C18H15F2NO3S2. The van der Waals surface area contributed by atoms with Crippen LogP contribution >= 0.6 is 11.8 Å². The lowest BCUT2D eigenvalue weighted by Gasteiger charge is -2.27. The van der Waals surface area contributed by atoms with Gasteiger partial charge in [0.2, 0.25) is 5.91 Å². The molecule has 0 fully saturated rings. The molecule has 0 bridgehead atoms. The molecule has 1 atom stereocenters. The van der Waals surface area contributed by atoms with Crippen LogP contribution in [-0.2, 0) is 14.6 Å². The molecular weight excluding hydrogens is 380 g/mol. The predicted octanol–water partition coefficient (Wildman–Crippen LogP) is 3.40. The Morgan fingerprint density at radius 1 is 1.15 bits per heavy atom. The van der Waals surface area contributed by atoms with Gasteiger partial charge in [0.25, 0.3) is 0 Å². The highest BCUT2D eigenvalue weighted by Crippen LogP contribution is 2.27. The van der Waals surface area contributed by atoms with E-state index >= 15 is 0 Å². The summed E-state index contributed by atoms with van der Waals surface area (Å²) in [5.41, 5.74) is 0.560. The van der Waals surface area contributed by atoms with Gasteiger partial charge in [0.15, 0.2) is 9.84 Å². The maximum absolute atomic E-state index is 13.8. The van der Waals surface area contributed by atoms with Crippen LogP contribution in [0.5, 0.6) is 0 Å². The molecule has 3 rings (SSSR count). The first kappa shape index (κ1) is 18.6. The average molecular weight is 395 g/mol. The molecule has 2 aromatic rings. The highest BCUT2D eigenvalue weighted by atomic mass is 32.2. The Morgan fingerprint density at radius 2 is 1.88 bits per heavy atom. The van der Waals surface area contributed by atoms with E-state index in [9.17, 15) is 22.0 Å². The standard InChI is InChI=1S/C18H15F2NO3S2/c19-13-6-7-17(16(20)10-13)25-11-18(22)21(14-4-2-1-3-5-14)15-8-9-26(23,24)12-15/h1-10,15H,11-12H2/t15-/m0/s1. The van der Waals surface area contributed by atoms with Crippen LogP contribution in [0.3, 0.4) is 0 Å². The Hall–Kier alpha value is -2.19. The monoisotopic (exact) mass is 395 g/mol. The highest BCUT2D eigenvalue weighted by Gasteiger charge is 2.31. The van der Waals surface area contributed by atoms with E-state index in [4.69, 9.17) is 0 Å². The summed E-state index contributed by atoms with van der Waals surface area (Å²) in [4.78, 5) is 14.3. The first-order valence-electron chi connectivity index (χ1n) is 7.72. The predicted molar refractivity (Wildman–Crippen MR) is 97.7 cm³/mol. The molecule has 1 aliphatic heterocycles. The number of amides is 1. The van der Waals surface area contributed by atoms with Crippen LogP contribution in [0.15, 0.2) is 64.9 Å². The largest absolute Gasteiger partial charge is 0.304 e. The van der Waals surface area contributed by atoms with E-state index in [2.05, 4.69) is 0 Å². The van der Waals surface area contributed by atoms with E-state index in [0.717, 1.165) is 29.3 Å². The van der Waals surface area contributed by atoms with Crippen molar-refractivity contribution in [3.8, 4) is 0 Å². The molecule has 136 valence electrons. The van der Waals surface area contributed by atoms with Gasteiger partial charge in [0, 0.05) is 22.1 Å². The third-order valence-corrected chi connectivity index (χ3v) is 6.20. The molecule has 2 aromatic carbocycles. The molecule has 0 unspecified atom stereocenters. The van der Waals surface area contributed by atoms with Gasteiger partial charge in [0.1, 0.15) is 11.6 Å². The number of sulfone groups is 1. The number of carbonyl (C=O) groups is 1. The van der Waals surface area contributed by atoms with Gasteiger partial charge >= 0.3 is 0 Å². The normalized spacial score (nSPS) is 18.0. The summed E-state index contributed by atoms with van der Waals surface area (Å²) < 4.78 is 50.2. The first-order chi connectivity index (χ1) is 12.4. The second-order valence-electron chi connectivity index (χ2n) is 5.69. The van der Waals surface area contributed by atoms with Crippen molar-refractivity contribution in [3.05, 3.63) is 71.6 Å². The van der Waals surface area contributed by atoms with Gasteiger partial charge in [-0.3, -0.25) is 4.79 Å². The number of thioether (sulfide) groups is 1. The maximum atomic E-state index is 13.8. The Morgan fingerprint density at radius 3 is 2.50 bits per heavy atom. The zero-order chi connectivity index (χ0) is 18.7. The van der Waals surface area contributed by atoms with Crippen molar-refractivity contribution in [2.24, 2.45) is 0 Å². The summed E-state index contributed by atoms with van der Waals surface area (Å²) in [5.74, 6) is -2.09. The fourth-order valence-corrected chi connectivity index (χ4v) is 4.68. The summed E-state index contributed by atoms with van der Waals surface area (Å²) in [6, 6.07) is 11.2. The zero-order valence-electron chi connectivity index (χ0n) is 13.5. The quantitative estimate of drug-likeness (QED) is 0.728. The number of hydrogen-bond acceptors (Lipinski definition) is 4. The van der Waals surface area contributed by atoms with Crippen LogP contribution in [0.1, 0.15) is 0 Å². The van der Waals surface area contributed by atoms with E-state index in [0.29, 0.717) is 5.69 Å². The van der Waals surface area contributed by atoms with E-state index in [1.165, 1.54) is 17.0 Å². The van der Waals surface area contributed by atoms with Gasteiger partial charge < -0.3 is 4.90 Å². The smallest absolute Gasteiger partial charge is 0.237 e. The van der Waals surface area contributed by atoms with Crippen LogP contribution in [0.4, 0.5) is 14.5 Å². The van der Waals surface area contributed by atoms with Crippen molar-refractivity contribution in [2.75, 3.05) is 16.4 Å². The molecule has 8 heteroatoms. The number of para-hydroxylation sites is 1. The fourth-order valence-electron chi connectivity index (χ4n) is 2.63. The number of halogens is 2. The van der Waals surface area contributed by atoms with Crippen LogP contribution < -0.4 is 4.90 Å². The molecule has 0 radical (unpaired) electrons. The molecule has 4 nitrogen and oxygen atoms in total. The van der Waals surface area contributed by atoms with Crippen LogP contribution in [0.2, 0.25) is 0 Å². The summed E-state index contributed by atoms with van der Waals surface area (Å²) >= 11 is 0.939. The molecule has 0 saturated carbocycles. The first-order valence-corrected chi connectivity index (χ1v) is 10.4. The van der Waals surface area contributed by atoms with Gasteiger partial charge in [-0.2, -0.15) is 0 Å². The second-order valence-corrected chi connectivity index (χ2v) is 8.64. The Kier molecular flexibility index (Phi) is 5.43. The SMILES string of the molecule is O=C(CSc1ccc(F)cc1F)N(c1ccccc1)[C@H]1C=CS(=O)(=O)C1. The maximum Gasteiger partial charge on any atom is 0.237 e. The number of nitrogens with zero attached hydrogens (tertiary/aromatic N) is 1. The highest BCUT2D eigenvalue weighted by molar-refractivity contribution is 8.00. The number of rotatable bonds is 5. The number of benzene rings is 2. The van der Waals surface area contributed by atoms with Crippen molar-refractivity contribution in [1.29, 1.82) is 0 Å². The Labute approximate surface area is 154 Å². The third kappa shape index (κ3) is 4.31. The molecule has 1 amide bonds. The van der Waals surface area contributed by atoms with Crippen LogP contribution in [0.25, 0.3) is 0 Å². The van der Waals surface area contributed by atoms with Crippen molar-refractivity contribution < 1.29 is 22.0 Å². The van der Waals surface area contributed by atoms with Crippen molar-refractivity contribution in [3.63, 3.8) is 0 Å². The zero-order valence-corrected chi connectivity index (χ0v) is 15.1. The lowest BCUT2D eigenvalue weighted by Crippen LogP contribution is -2.42. The van der Waals surface area contributed by atoms with E-state index < -0.39 is 27.5 Å². The minimum absolute atomic E-state index is 0.109. The number of carbonyl (C=O) groups excluding carboxylic acids is 1. The van der Waals surface area contributed by atoms with Crippen molar-refractivity contribution in [1.82, 2.24) is 0 Å². The molecule has 1 heterocycles. The van der Waals surface area contributed by atoms with Gasteiger partial charge in [0.05, 0.1) is 17.5 Å². The van der Waals surface area contributed by atoms with E-state index in [1.54, 1.807) is 30.3 Å². The van der Waals surface area contributed by atoms with Gasteiger partial charge in [-0.25, -0.2) is 17.2 Å². The molecule has 1 aliphatic rings. The molecule has 26 heavy (non-hydrogen) atoms. The molecule has 0 aromatic heterocycles. The van der Waals surface area contributed by atoms with Gasteiger partial charge in [-0.05, 0) is 30.3 Å². The topological polar surface area (TPSA) is 54.5 Å². The third-order valence-electron chi connectivity index (χ3n) is 3.79. The summed E-state index contributed by atoms with van der Waals surface area (Å²) in [6.07, 6.45) is 1.48. The number of anilines is 1. The Balaban J connectivity index is 1.80. The van der Waals surface area contributed by atoms with Gasteiger partial charge in [-0.15, -0.1) is 11.8 Å². The molecule has 0 saturated heterocycles. The van der Waals surface area contributed by atoms with E-state index in [-0.39, 0.29) is 22.3 Å². The second kappa shape index (κ2) is 7.59. The summed E-state index contributed by atoms with van der Waals surface area (Å²) in [5, 5.41) is 1.10. The average Bonchev–Trinajstić information content (AvgIpc) is 2.95. The number of hydrogen-bond donors (Lipinski definition) is 0. The minimum atomic E-state index is -3.34. The minimum Gasteiger partial charge on any atom is -0.304 e. The van der Waals surface area contributed by atoms with Crippen molar-refractivity contribution >= 4 is 33.2 Å². The Bertz CT molecular complexity index is 946. The van der Waals surface area contributed by atoms with Gasteiger partial charge in [-0.1, -0.05) is 18.2 Å². The fraction of sp³-hybridized carbons (Fsp3) is 0.167. The molecule has 0 N–H and O–H groups in total. The van der Waals surface area contributed by atoms with E-state index in [1.807, 2.05) is 0 Å². The van der Waals surface area contributed by atoms with Crippen LogP contribution in [-0.4, -0.2) is 31.9 Å².